The molecule has 1 heterocycles. The van der Waals surface area contributed by atoms with Gasteiger partial charge in [-0.2, -0.15) is 11.3 Å². The molecule has 0 bridgehead atoms. The van der Waals surface area contributed by atoms with Crippen LogP contribution < -0.4 is 5.32 Å². The Morgan fingerprint density at radius 3 is 2.48 bits per heavy atom. The fourth-order valence-corrected chi connectivity index (χ4v) is 3.20. The highest BCUT2D eigenvalue weighted by Gasteiger charge is 2.16. The Bertz CT molecular complexity index is 782. The molecule has 0 saturated carbocycles. The van der Waals surface area contributed by atoms with Crippen LogP contribution >= 0.6 is 11.3 Å². The Morgan fingerprint density at radius 1 is 1.15 bits per heavy atom. The lowest BCUT2D eigenvalue weighted by Crippen LogP contribution is -2.37. The summed E-state index contributed by atoms with van der Waals surface area (Å²) in [6.07, 6.45) is 0.811. The number of esters is 1. The predicted octanol–water partition coefficient (Wildman–Crippen LogP) is 2.94. The first-order valence-corrected chi connectivity index (χ1v) is 9.58. The van der Waals surface area contributed by atoms with Crippen molar-refractivity contribution in [3.05, 3.63) is 51.7 Å². The molecule has 0 fully saturated rings. The molecule has 6 nitrogen and oxygen atoms in total. The third kappa shape index (κ3) is 6.53. The van der Waals surface area contributed by atoms with Crippen LogP contribution in [0.1, 0.15) is 23.1 Å². The molecule has 0 atom stereocenters. The van der Waals surface area contributed by atoms with Gasteiger partial charge in [-0.25, -0.2) is 0 Å². The van der Waals surface area contributed by atoms with Crippen molar-refractivity contribution in [2.24, 2.45) is 0 Å². The van der Waals surface area contributed by atoms with Gasteiger partial charge in [0.15, 0.2) is 6.61 Å². The number of hydrogen-bond donors (Lipinski definition) is 1. The van der Waals surface area contributed by atoms with E-state index in [9.17, 15) is 14.4 Å². The average molecular weight is 388 g/mol. The molecule has 1 aromatic carbocycles. The Balaban J connectivity index is 1.74. The predicted molar refractivity (Wildman–Crippen MR) is 106 cm³/mol. The smallest absolute Gasteiger partial charge is 0.306 e. The number of nitrogens with one attached hydrogen (secondary N) is 1. The summed E-state index contributed by atoms with van der Waals surface area (Å²) in [6, 6.07) is 7.69. The van der Waals surface area contributed by atoms with Gasteiger partial charge in [0.25, 0.3) is 5.91 Å². The maximum Gasteiger partial charge on any atom is 0.306 e. The van der Waals surface area contributed by atoms with Crippen LogP contribution in [0.25, 0.3) is 0 Å². The van der Waals surface area contributed by atoms with Gasteiger partial charge < -0.3 is 15.0 Å². The number of carbonyl (C=O) groups excluding carboxylic acids is 3. The average Bonchev–Trinajstić information content (AvgIpc) is 3.14. The number of thiophene rings is 1. The van der Waals surface area contributed by atoms with Gasteiger partial charge in [-0.15, -0.1) is 0 Å². The second-order valence-corrected chi connectivity index (χ2v) is 7.14. The molecule has 144 valence electrons. The van der Waals surface area contributed by atoms with Crippen LogP contribution in [-0.2, 0) is 25.5 Å². The molecule has 2 rings (SSSR count). The van der Waals surface area contributed by atoms with Crippen LogP contribution in [0, 0.1) is 13.8 Å². The number of benzene rings is 1. The number of rotatable bonds is 8. The van der Waals surface area contributed by atoms with Crippen molar-refractivity contribution >= 4 is 34.8 Å². The van der Waals surface area contributed by atoms with Crippen molar-refractivity contribution in [2.75, 3.05) is 25.5 Å². The van der Waals surface area contributed by atoms with Crippen molar-refractivity contribution in [1.29, 1.82) is 0 Å². The van der Waals surface area contributed by atoms with Crippen LogP contribution in [0.4, 0.5) is 5.69 Å². The summed E-state index contributed by atoms with van der Waals surface area (Å²) in [4.78, 5) is 37.2. The molecule has 0 radical (unpaired) electrons. The molecule has 1 N–H and O–H groups in total. The lowest BCUT2D eigenvalue weighted by Gasteiger charge is -2.18. The number of anilines is 1. The molecule has 2 amide bonds. The Kier molecular flexibility index (Phi) is 7.55. The van der Waals surface area contributed by atoms with E-state index in [-0.39, 0.29) is 25.5 Å². The molecular weight excluding hydrogens is 364 g/mol. The SMILES string of the molecule is Cc1cccc(C)c1NC(=O)CN(C)C(=O)COC(=O)CCc1ccsc1. The van der Waals surface area contributed by atoms with E-state index in [1.807, 2.05) is 48.9 Å². The van der Waals surface area contributed by atoms with Gasteiger partial charge in [0, 0.05) is 19.2 Å². The van der Waals surface area contributed by atoms with Gasteiger partial charge in [0.05, 0.1) is 6.54 Å². The topological polar surface area (TPSA) is 75.7 Å². The largest absolute Gasteiger partial charge is 0.456 e. The van der Waals surface area contributed by atoms with E-state index in [2.05, 4.69) is 5.32 Å². The first kappa shape index (κ1) is 20.6. The normalized spacial score (nSPS) is 10.3. The first-order valence-electron chi connectivity index (χ1n) is 8.63. The van der Waals surface area contributed by atoms with E-state index >= 15 is 0 Å². The minimum Gasteiger partial charge on any atom is -0.456 e. The second kappa shape index (κ2) is 9.87. The minimum atomic E-state index is -0.428. The number of hydrogen-bond acceptors (Lipinski definition) is 5. The number of para-hydroxylation sites is 1. The molecule has 7 heteroatoms. The van der Waals surface area contributed by atoms with Crippen molar-refractivity contribution in [1.82, 2.24) is 4.90 Å². The summed E-state index contributed by atoms with van der Waals surface area (Å²) in [6.45, 7) is 3.34. The van der Waals surface area contributed by atoms with E-state index in [1.54, 1.807) is 11.3 Å². The van der Waals surface area contributed by atoms with Crippen LogP contribution in [0.2, 0.25) is 0 Å². The summed E-state index contributed by atoms with van der Waals surface area (Å²) in [5, 5.41) is 6.75. The van der Waals surface area contributed by atoms with Gasteiger partial charge in [-0.05, 0) is 53.8 Å². The van der Waals surface area contributed by atoms with Gasteiger partial charge in [-0.1, -0.05) is 18.2 Å². The Morgan fingerprint density at radius 2 is 1.85 bits per heavy atom. The highest BCUT2D eigenvalue weighted by molar-refractivity contribution is 7.07. The van der Waals surface area contributed by atoms with Crippen LogP contribution in [0.3, 0.4) is 0 Å². The fourth-order valence-electron chi connectivity index (χ4n) is 2.50. The maximum atomic E-state index is 12.2. The van der Waals surface area contributed by atoms with E-state index in [0.717, 1.165) is 22.4 Å². The lowest BCUT2D eigenvalue weighted by molar-refractivity contribution is -0.151. The van der Waals surface area contributed by atoms with Crippen molar-refractivity contribution in [2.45, 2.75) is 26.7 Å². The van der Waals surface area contributed by atoms with E-state index < -0.39 is 11.9 Å². The molecule has 1 aromatic heterocycles. The zero-order valence-electron chi connectivity index (χ0n) is 15.8. The number of likely N-dealkylation sites (N-methyl/N-ethyl adjacent to an activating group) is 1. The van der Waals surface area contributed by atoms with E-state index in [4.69, 9.17) is 4.74 Å². The van der Waals surface area contributed by atoms with Gasteiger partial charge in [-0.3, -0.25) is 14.4 Å². The zero-order valence-corrected chi connectivity index (χ0v) is 16.6. The van der Waals surface area contributed by atoms with Crippen molar-refractivity contribution < 1.29 is 19.1 Å². The summed E-state index contributed by atoms with van der Waals surface area (Å²) in [5.41, 5.74) is 3.74. The molecule has 2 aromatic rings. The molecule has 0 unspecified atom stereocenters. The maximum absolute atomic E-state index is 12.2. The number of nitrogens with zero attached hydrogens (tertiary/aromatic N) is 1. The summed E-state index contributed by atoms with van der Waals surface area (Å²) < 4.78 is 5.00. The summed E-state index contributed by atoms with van der Waals surface area (Å²) in [5.74, 6) is -1.15. The molecule has 0 spiro atoms. The number of ether oxygens (including phenoxy) is 1. The standard InChI is InChI=1S/C20H24N2O4S/c1-14-5-4-6-15(2)20(14)21-17(23)11-22(3)18(24)12-26-19(25)8-7-16-9-10-27-13-16/h4-6,9-10,13H,7-8,11-12H2,1-3H3,(H,21,23). The molecular formula is C20H24N2O4S. The van der Waals surface area contributed by atoms with Crippen molar-refractivity contribution in [3.63, 3.8) is 0 Å². The molecule has 27 heavy (non-hydrogen) atoms. The second-order valence-electron chi connectivity index (χ2n) is 6.36. The third-order valence-corrected chi connectivity index (χ3v) is 4.84. The molecule has 0 aliphatic carbocycles. The van der Waals surface area contributed by atoms with E-state index in [0.29, 0.717) is 6.42 Å². The number of amides is 2. The number of carbonyl (C=O) groups is 3. The van der Waals surface area contributed by atoms with Gasteiger partial charge in [0.1, 0.15) is 0 Å². The molecule has 0 saturated heterocycles. The minimum absolute atomic E-state index is 0.112. The number of aryl methyl sites for hydroxylation is 3. The van der Waals surface area contributed by atoms with Gasteiger partial charge in [0.2, 0.25) is 5.91 Å². The Labute approximate surface area is 163 Å². The van der Waals surface area contributed by atoms with Crippen LogP contribution in [-0.4, -0.2) is 42.9 Å². The van der Waals surface area contributed by atoms with Crippen LogP contribution in [0.15, 0.2) is 35.0 Å². The van der Waals surface area contributed by atoms with Crippen LogP contribution in [0.5, 0.6) is 0 Å². The van der Waals surface area contributed by atoms with E-state index in [1.165, 1.54) is 11.9 Å². The molecule has 0 aliphatic rings. The fraction of sp³-hybridized carbons (Fsp3) is 0.350. The van der Waals surface area contributed by atoms with Crippen molar-refractivity contribution in [3.8, 4) is 0 Å². The highest BCUT2D eigenvalue weighted by atomic mass is 32.1. The zero-order chi connectivity index (χ0) is 19.8. The Hall–Kier alpha value is -2.67. The quantitative estimate of drug-likeness (QED) is 0.706. The molecule has 0 aliphatic heterocycles. The first-order chi connectivity index (χ1) is 12.9. The monoisotopic (exact) mass is 388 g/mol. The summed E-state index contributed by atoms with van der Waals surface area (Å²) in [7, 11) is 1.51. The third-order valence-electron chi connectivity index (χ3n) is 4.11. The summed E-state index contributed by atoms with van der Waals surface area (Å²) >= 11 is 1.57. The lowest BCUT2D eigenvalue weighted by atomic mass is 10.1. The highest BCUT2D eigenvalue weighted by Crippen LogP contribution is 2.19. The van der Waals surface area contributed by atoms with Gasteiger partial charge >= 0.3 is 5.97 Å².